The minimum atomic E-state index is 0.456. The van der Waals surface area contributed by atoms with Crippen LogP contribution in [-0.2, 0) is 0 Å². The van der Waals surface area contributed by atoms with E-state index in [-0.39, 0.29) is 0 Å². The SMILES string of the molecule is CC(C)C1CCNC1CC(C)[C@H]1CCC2C3=CCC4C[C@H](N)CC[C@]4(C)C3CC[C@@]21C. The summed E-state index contributed by atoms with van der Waals surface area (Å²) in [5.74, 6) is 6.03. The molecule has 176 valence electrons. The van der Waals surface area contributed by atoms with E-state index in [0.29, 0.717) is 16.9 Å². The molecular formula is C29H50N2. The largest absolute Gasteiger partial charge is 0.328 e. The van der Waals surface area contributed by atoms with Gasteiger partial charge in [0.2, 0.25) is 0 Å². The summed E-state index contributed by atoms with van der Waals surface area (Å²) in [6.45, 7) is 14.1. The highest BCUT2D eigenvalue weighted by Gasteiger charge is 2.58. The highest BCUT2D eigenvalue weighted by atomic mass is 15.0. The lowest BCUT2D eigenvalue weighted by atomic mass is 9.47. The fourth-order valence-electron chi connectivity index (χ4n) is 9.93. The lowest BCUT2D eigenvalue weighted by Gasteiger charge is -2.58. The maximum absolute atomic E-state index is 6.40. The van der Waals surface area contributed by atoms with Gasteiger partial charge in [0.15, 0.2) is 0 Å². The van der Waals surface area contributed by atoms with Crippen LogP contribution in [0.15, 0.2) is 11.6 Å². The first kappa shape index (κ1) is 22.5. The molecule has 0 aromatic rings. The molecule has 1 aliphatic heterocycles. The van der Waals surface area contributed by atoms with Gasteiger partial charge in [0.25, 0.3) is 0 Å². The fourth-order valence-corrected chi connectivity index (χ4v) is 9.93. The molecule has 5 rings (SSSR count). The van der Waals surface area contributed by atoms with Gasteiger partial charge < -0.3 is 11.1 Å². The lowest BCUT2D eigenvalue weighted by Crippen LogP contribution is -2.51. The van der Waals surface area contributed by atoms with Crippen molar-refractivity contribution in [3.63, 3.8) is 0 Å². The summed E-state index contributed by atoms with van der Waals surface area (Å²) in [6, 6.07) is 1.21. The lowest BCUT2D eigenvalue weighted by molar-refractivity contribution is -0.0126. The Hall–Kier alpha value is -0.340. The molecule has 1 saturated heterocycles. The second-order valence-electron chi connectivity index (χ2n) is 13.5. The molecule has 3 saturated carbocycles. The predicted molar refractivity (Wildman–Crippen MR) is 132 cm³/mol. The molecule has 3 N–H and O–H groups in total. The number of hydrogen-bond donors (Lipinski definition) is 2. The van der Waals surface area contributed by atoms with Crippen molar-refractivity contribution in [2.45, 2.75) is 111 Å². The van der Waals surface area contributed by atoms with E-state index in [0.717, 1.165) is 47.5 Å². The Kier molecular flexibility index (Phi) is 5.91. The minimum absolute atomic E-state index is 0.456. The van der Waals surface area contributed by atoms with Gasteiger partial charge in [-0.25, -0.2) is 0 Å². The molecular weight excluding hydrogens is 376 g/mol. The molecule has 2 nitrogen and oxygen atoms in total. The maximum Gasteiger partial charge on any atom is 0.0101 e. The molecule has 10 atom stereocenters. The van der Waals surface area contributed by atoms with Crippen LogP contribution in [0.3, 0.4) is 0 Å². The summed E-state index contributed by atoms with van der Waals surface area (Å²) in [6.07, 6.45) is 16.6. The number of nitrogens with one attached hydrogen (secondary N) is 1. The highest BCUT2D eigenvalue weighted by Crippen LogP contribution is 2.67. The molecule has 4 fully saturated rings. The summed E-state index contributed by atoms with van der Waals surface area (Å²) < 4.78 is 0. The molecule has 4 aliphatic carbocycles. The van der Waals surface area contributed by atoms with Gasteiger partial charge in [-0.05, 0) is 123 Å². The van der Waals surface area contributed by atoms with Crippen molar-refractivity contribution in [3.8, 4) is 0 Å². The highest BCUT2D eigenvalue weighted by molar-refractivity contribution is 5.27. The Morgan fingerprint density at radius 3 is 2.52 bits per heavy atom. The van der Waals surface area contributed by atoms with Crippen LogP contribution in [0.5, 0.6) is 0 Å². The second-order valence-corrected chi connectivity index (χ2v) is 13.5. The summed E-state index contributed by atoms with van der Waals surface area (Å²) >= 11 is 0. The summed E-state index contributed by atoms with van der Waals surface area (Å²) in [7, 11) is 0. The average Bonchev–Trinajstić information content (AvgIpc) is 3.32. The van der Waals surface area contributed by atoms with Crippen LogP contribution in [0, 0.1) is 52.3 Å². The molecule has 2 heteroatoms. The maximum atomic E-state index is 6.40. The average molecular weight is 427 g/mol. The van der Waals surface area contributed by atoms with Crippen LogP contribution in [-0.4, -0.2) is 18.6 Å². The predicted octanol–water partition coefficient (Wildman–Crippen LogP) is 6.55. The van der Waals surface area contributed by atoms with Crippen molar-refractivity contribution >= 4 is 0 Å². The zero-order valence-electron chi connectivity index (χ0n) is 21.1. The molecule has 0 aromatic heterocycles. The van der Waals surface area contributed by atoms with E-state index < -0.39 is 0 Å². The van der Waals surface area contributed by atoms with Gasteiger partial charge in [0.1, 0.15) is 0 Å². The smallest absolute Gasteiger partial charge is 0.0101 e. The van der Waals surface area contributed by atoms with Gasteiger partial charge in [-0.2, -0.15) is 0 Å². The summed E-state index contributed by atoms with van der Waals surface area (Å²) in [5, 5.41) is 3.89. The first-order valence-corrected chi connectivity index (χ1v) is 13.9. The molecule has 6 unspecified atom stereocenters. The Morgan fingerprint density at radius 2 is 1.74 bits per heavy atom. The normalized spacial score (nSPS) is 50.5. The van der Waals surface area contributed by atoms with Gasteiger partial charge in [-0.15, -0.1) is 0 Å². The van der Waals surface area contributed by atoms with Gasteiger partial charge in [-0.1, -0.05) is 46.3 Å². The molecule has 1 heterocycles. The van der Waals surface area contributed by atoms with Crippen molar-refractivity contribution in [2.75, 3.05) is 6.54 Å². The van der Waals surface area contributed by atoms with Gasteiger partial charge >= 0.3 is 0 Å². The van der Waals surface area contributed by atoms with Crippen molar-refractivity contribution in [1.82, 2.24) is 5.32 Å². The third-order valence-corrected chi connectivity index (χ3v) is 11.8. The van der Waals surface area contributed by atoms with Gasteiger partial charge in [0, 0.05) is 12.1 Å². The molecule has 0 aromatic carbocycles. The van der Waals surface area contributed by atoms with Gasteiger partial charge in [-0.3, -0.25) is 0 Å². The molecule has 0 spiro atoms. The Morgan fingerprint density at radius 1 is 1.00 bits per heavy atom. The van der Waals surface area contributed by atoms with Crippen molar-refractivity contribution in [3.05, 3.63) is 11.6 Å². The quantitative estimate of drug-likeness (QED) is 0.500. The number of allylic oxidation sites excluding steroid dienone is 2. The zero-order chi connectivity index (χ0) is 22.0. The molecule has 0 bridgehead atoms. The first-order chi connectivity index (χ1) is 14.7. The van der Waals surface area contributed by atoms with Crippen LogP contribution < -0.4 is 11.1 Å². The number of hydrogen-bond acceptors (Lipinski definition) is 2. The number of nitrogens with two attached hydrogens (primary N) is 1. The van der Waals surface area contributed by atoms with E-state index in [2.05, 4.69) is 46.0 Å². The molecule has 5 aliphatic rings. The number of fused-ring (bicyclic) bond motifs is 5. The third-order valence-electron chi connectivity index (χ3n) is 11.8. The Bertz CT molecular complexity index is 697. The minimum Gasteiger partial charge on any atom is -0.328 e. The zero-order valence-corrected chi connectivity index (χ0v) is 21.1. The van der Waals surface area contributed by atoms with E-state index in [1.54, 1.807) is 0 Å². The topological polar surface area (TPSA) is 38.0 Å². The van der Waals surface area contributed by atoms with Gasteiger partial charge in [0.05, 0.1) is 0 Å². The molecule has 0 radical (unpaired) electrons. The second kappa shape index (κ2) is 8.15. The van der Waals surface area contributed by atoms with E-state index in [9.17, 15) is 0 Å². The van der Waals surface area contributed by atoms with E-state index in [1.165, 1.54) is 70.8 Å². The van der Waals surface area contributed by atoms with Crippen molar-refractivity contribution in [1.29, 1.82) is 0 Å². The Balaban J connectivity index is 1.33. The monoisotopic (exact) mass is 426 g/mol. The third kappa shape index (κ3) is 3.58. The van der Waals surface area contributed by atoms with Crippen molar-refractivity contribution < 1.29 is 0 Å². The van der Waals surface area contributed by atoms with Crippen LogP contribution in [0.2, 0.25) is 0 Å². The molecule has 0 amide bonds. The van der Waals surface area contributed by atoms with E-state index in [4.69, 9.17) is 5.73 Å². The summed E-state index contributed by atoms with van der Waals surface area (Å²) in [4.78, 5) is 0. The van der Waals surface area contributed by atoms with Crippen LogP contribution >= 0.6 is 0 Å². The van der Waals surface area contributed by atoms with Crippen LogP contribution in [0.25, 0.3) is 0 Å². The standard InChI is InChI=1S/C29H50N2/c1-18(2)22-12-15-31-27(22)16-19(3)24-8-9-25-23-7-6-20-17-21(30)10-13-28(20,4)26(23)11-14-29(24,25)5/h7,18-22,24-27,31H,6,8-17,30H2,1-5H3/t19?,20?,21-,22?,24-,25?,26?,27?,28+,29-/m1/s1. The van der Waals surface area contributed by atoms with Crippen LogP contribution in [0.1, 0.15) is 98.8 Å². The Labute approximate surface area is 192 Å². The number of rotatable bonds is 4. The van der Waals surface area contributed by atoms with E-state index in [1.807, 2.05) is 5.57 Å². The first-order valence-electron chi connectivity index (χ1n) is 13.9. The van der Waals surface area contributed by atoms with Crippen LogP contribution in [0.4, 0.5) is 0 Å². The summed E-state index contributed by atoms with van der Waals surface area (Å²) in [5.41, 5.74) is 9.38. The fraction of sp³-hybridized carbons (Fsp3) is 0.931. The van der Waals surface area contributed by atoms with Crippen molar-refractivity contribution in [2.24, 2.45) is 58.0 Å². The molecule has 31 heavy (non-hydrogen) atoms. The van der Waals surface area contributed by atoms with E-state index >= 15 is 0 Å².